The van der Waals surface area contributed by atoms with Gasteiger partial charge in [-0.1, -0.05) is 19.9 Å². The minimum Gasteiger partial charge on any atom is -0.507 e. The zero-order valence-corrected chi connectivity index (χ0v) is 8.50. The van der Waals surface area contributed by atoms with Crippen molar-refractivity contribution < 1.29 is 5.11 Å². The van der Waals surface area contributed by atoms with E-state index in [1.54, 1.807) is 6.07 Å². The van der Waals surface area contributed by atoms with E-state index in [1.807, 2.05) is 6.07 Å². The van der Waals surface area contributed by atoms with E-state index in [2.05, 4.69) is 13.8 Å². The smallest absolute Gasteiger partial charge is 0.198 e. The van der Waals surface area contributed by atoms with E-state index < -0.39 is 0 Å². The second kappa shape index (κ2) is 3.12. The molecule has 0 heterocycles. The fraction of sp³-hybridized carbons (Fsp3) is 0.417. The van der Waals surface area contributed by atoms with Gasteiger partial charge in [-0.2, -0.15) is 0 Å². The summed E-state index contributed by atoms with van der Waals surface area (Å²) in [6.07, 6.45) is 2.02. The third kappa shape index (κ3) is 1.41. The van der Waals surface area contributed by atoms with Gasteiger partial charge < -0.3 is 5.11 Å². The summed E-state index contributed by atoms with van der Waals surface area (Å²) < 4.78 is 0. The van der Waals surface area contributed by atoms with Crippen LogP contribution in [0.5, 0.6) is 5.75 Å². The Bertz CT molecular complexity index is 473. The van der Waals surface area contributed by atoms with Gasteiger partial charge in [0.05, 0.1) is 5.39 Å². The molecule has 1 N–H and O–H groups in total. The van der Waals surface area contributed by atoms with Gasteiger partial charge in [0.2, 0.25) is 0 Å². The normalized spacial score (nSPS) is 11.9. The molecule has 2 nitrogen and oxygen atoms in total. The topological polar surface area (TPSA) is 37.3 Å². The Morgan fingerprint density at radius 2 is 2.00 bits per heavy atom. The van der Waals surface area contributed by atoms with Gasteiger partial charge in [0.25, 0.3) is 0 Å². The molecule has 0 bridgehead atoms. The van der Waals surface area contributed by atoms with E-state index in [0.717, 1.165) is 23.8 Å². The summed E-state index contributed by atoms with van der Waals surface area (Å²) in [5.74, 6) is 0.784. The third-order valence-electron chi connectivity index (χ3n) is 2.65. The van der Waals surface area contributed by atoms with Crippen molar-refractivity contribution in [3.05, 3.63) is 27.9 Å². The Labute approximate surface area is 82.9 Å². The molecule has 74 valence electrons. The Morgan fingerprint density at radius 1 is 1.29 bits per heavy atom. The molecule has 0 aliphatic carbocycles. The maximum absolute atomic E-state index is 11.3. The molecule has 2 heteroatoms. The van der Waals surface area contributed by atoms with Crippen molar-refractivity contribution in [3.63, 3.8) is 0 Å². The molecule has 0 fully saturated rings. The molecule has 0 unspecified atom stereocenters. The number of aromatic hydroxyl groups is 1. The van der Waals surface area contributed by atoms with Crippen LogP contribution in [0.1, 0.15) is 25.8 Å². The standard InChI is InChI=1S/C12H14O2/c1-7(2)3-4-8-5-6-9(13)11-10(8)12(11)14/h5-7,13H,3-4H2,1-2H3. The third-order valence-corrected chi connectivity index (χ3v) is 2.65. The van der Waals surface area contributed by atoms with E-state index in [1.165, 1.54) is 0 Å². The molecule has 2 rings (SSSR count). The SMILES string of the molecule is CC(C)CCc1ccc(O)c2c(=O)c12. The van der Waals surface area contributed by atoms with Crippen molar-refractivity contribution in [3.8, 4) is 5.75 Å². The quantitative estimate of drug-likeness (QED) is 0.806. The first-order valence-corrected chi connectivity index (χ1v) is 5.00. The van der Waals surface area contributed by atoms with Crippen molar-refractivity contribution in [2.45, 2.75) is 26.7 Å². The fourth-order valence-electron chi connectivity index (χ4n) is 1.72. The van der Waals surface area contributed by atoms with Crippen molar-refractivity contribution in [1.82, 2.24) is 0 Å². The van der Waals surface area contributed by atoms with E-state index >= 15 is 0 Å². The first-order chi connectivity index (χ1) is 6.61. The zero-order valence-electron chi connectivity index (χ0n) is 8.50. The van der Waals surface area contributed by atoms with Crippen LogP contribution < -0.4 is 5.43 Å². The van der Waals surface area contributed by atoms with Crippen LogP contribution in [0.25, 0.3) is 10.8 Å². The first-order valence-electron chi connectivity index (χ1n) is 5.00. The number of fused-ring (bicyclic) bond motifs is 1. The summed E-state index contributed by atoms with van der Waals surface area (Å²) in [7, 11) is 0. The minimum absolute atomic E-state index is 0.0336. The predicted octanol–water partition coefficient (Wildman–Crippen LogP) is 2.37. The van der Waals surface area contributed by atoms with E-state index in [9.17, 15) is 9.90 Å². The molecular weight excluding hydrogens is 176 g/mol. The van der Waals surface area contributed by atoms with Crippen molar-refractivity contribution in [1.29, 1.82) is 0 Å². The molecule has 2 aromatic rings. The van der Waals surface area contributed by atoms with Crippen molar-refractivity contribution in [2.24, 2.45) is 5.92 Å². The number of benzene rings is 1. The minimum atomic E-state index is 0.0336. The van der Waals surface area contributed by atoms with Crippen LogP contribution in [0.3, 0.4) is 0 Å². The van der Waals surface area contributed by atoms with E-state index in [0.29, 0.717) is 11.3 Å². The Morgan fingerprint density at radius 3 is 2.64 bits per heavy atom. The maximum Gasteiger partial charge on any atom is 0.198 e. The van der Waals surface area contributed by atoms with Gasteiger partial charge in [0, 0.05) is 5.39 Å². The molecule has 0 amide bonds. The number of phenols is 1. The Kier molecular flexibility index (Phi) is 2.06. The highest BCUT2D eigenvalue weighted by atomic mass is 16.3. The number of rotatable bonds is 3. The highest BCUT2D eigenvalue weighted by molar-refractivity contribution is 6.04. The van der Waals surface area contributed by atoms with Crippen LogP contribution in [-0.2, 0) is 6.42 Å². The zero-order chi connectivity index (χ0) is 10.3. The van der Waals surface area contributed by atoms with Crippen LogP contribution in [-0.4, -0.2) is 5.11 Å². The first kappa shape index (κ1) is 9.25. The van der Waals surface area contributed by atoms with Crippen LogP contribution in [0.4, 0.5) is 0 Å². The lowest BCUT2D eigenvalue weighted by Crippen LogP contribution is -1.91. The largest absolute Gasteiger partial charge is 0.507 e. The van der Waals surface area contributed by atoms with E-state index in [4.69, 9.17) is 0 Å². The molecule has 0 aliphatic heterocycles. The Hall–Kier alpha value is -1.31. The Balaban J connectivity index is 2.26. The summed E-state index contributed by atoms with van der Waals surface area (Å²) in [6, 6.07) is 3.49. The predicted molar refractivity (Wildman–Crippen MR) is 57.4 cm³/mol. The van der Waals surface area contributed by atoms with Gasteiger partial charge >= 0.3 is 0 Å². The highest BCUT2D eigenvalue weighted by Gasteiger charge is 2.20. The molecule has 0 radical (unpaired) electrons. The summed E-state index contributed by atoms with van der Waals surface area (Å²) in [5, 5.41) is 10.6. The molecule has 0 aromatic heterocycles. The molecule has 14 heavy (non-hydrogen) atoms. The summed E-state index contributed by atoms with van der Waals surface area (Å²) in [5.41, 5.74) is 1.13. The van der Waals surface area contributed by atoms with Crippen LogP contribution >= 0.6 is 0 Å². The molecule has 0 saturated carbocycles. The second-order valence-corrected chi connectivity index (χ2v) is 4.26. The molecule has 0 atom stereocenters. The highest BCUT2D eigenvalue weighted by Crippen LogP contribution is 2.30. The average Bonchev–Trinajstić information content (AvgIpc) is 2.78. The lowest BCUT2D eigenvalue weighted by atomic mass is 10.0. The number of phenolic OH excluding ortho intramolecular Hbond substituents is 1. The van der Waals surface area contributed by atoms with Crippen molar-refractivity contribution in [2.75, 3.05) is 0 Å². The van der Waals surface area contributed by atoms with Gasteiger partial charge in [-0.3, -0.25) is 4.79 Å². The monoisotopic (exact) mass is 190 g/mol. The van der Waals surface area contributed by atoms with E-state index in [-0.39, 0.29) is 11.2 Å². The molecule has 0 saturated heterocycles. The van der Waals surface area contributed by atoms with Crippen LogP contribution in [0.2, 0.25) is 0 Å². The summed E-state index contributed by atoms with van der Waals surface area (Å²) >= 11 is 0. The van der Waals surface area contributed by atoms with Crippen LogP contribution in [0, 0.1) is 5.92 Å². The van der Waals surface area contributed by atoms with Crippen molar-refractivity contribution >= 4 is 10.8 Å². The molecule has 0 aliphatic rings. The molecule has 2 aromatic carbocycles. The number of hydrogen-bond donors (Lipinski definition) is 1. The van der Waals surface area contributed by atoms with Gasteiger partial charge in [-0.25, -0.2) is 0 Å². The van der Waals surface area contributed by atoms with Gasteiger partial charge in [0.15, 0.2) is 5.43 Å². The maximum atomic E-state index is 11.3. The summed E-state index contributed by atoms with van der Waals surface area (Å²) in [6.45, 7) is 4.33. The van der Waals surface area contributed by atoms with Gasteiger partial charge in [0.1, 0.15) is 5.75 Å². The lowest BCUT2D eigenvalue weighted by molar-refractivity contribution is 0.482. The van der Waals surface area contributed by atoms with Gasteiger partial charge in [-0.15, -0.1) is 0 Å². The lowest BCUT2D eigenvalue weighted by Gasteiger charge is -2.03. The average molecular weight is 190 g/mol. The molecular formula is C12H14O2. The number of aryl methyl sites for hydroxylation is 1. The summed E-state index contributed by atoms with van der Waals surface area (Å²) in [4.78, 5) is 11.3. The molecule has 0 spiro atoms. The second-order valence-electron chi connectivity index (χ2n) is 4.26. The van der Waals surface area contributed by atoms with Gasteiger partial charge in [-0.05, 0) is 30.4 Å². The fourth-order valence-corrected chi connectivity index (χ4v) is 1.72. The number of hydrogen-bond acceptors (Lipinski definition) is 2. The van der Waals surface area contributed by atoms with Crippen LogP contribution in [0.15, 0.2) is 16.9 Å².